The summed E-state index contributed by atoms with van der Waals surface area (Å²) in [7, 11) is 0. The van der Waals surface area contributed by atoms with Crippen molar-refractivity contribution in [1.29, 1.82) is 0 Å². The zero-order valence-electron chi connectivity index (χ0n) is 8.91. The number of pyridine rings is 1. The van der Waals surface area contributed by atoms with E-state index in [-0.39, 0.29) is 11.5 Å². The van der Waals surface area contributed by atoms with Crippen molar-refractivity contribution in [2.75, 3.05) is 0 Å². The number of aromatic nitrogens is 2. The quantitative estimate of drug-likeness (QED) is 0.670. The molecule has 3 aromatic rings. The fourth-order valence-corrected chi connectivity index (χ4v) is 1.80. The minimum absolute atomic E-state index is 0.0217. The van der Waals surface area contributed by atoms with E-state index in [2.05, 4.69) is 4.98 Å². The molecule has 0 amide bonds. The summed E-state index contributed by atoms with van der Waals surface area (Å²) in [6, 6.07) is 10.2. The molecule has 2 N–H and O–H groups in total. The lowest BCUT2D eigenvalue weighted by molar-refractivity contribution is 0.452. The number of phenolic OH excluding ortho intramolecular Hbond substituents is 2. The zero-order valence-corrected chi connectivity index (χ0v) is 8.91. The molecule has 3 rings (SSSR count). The Morgan fingerprint density at radius 2 is 1.94 bits per heavy atom. The Hall–Kier alpha value is -2.49. The highest BCUT2D eigenvalue weighted by Gasteiger charge is 2.08. The van der Waals surface area contributed by atoms with Crippen molar-refractivity contribution in [3.8, 4) is 22.8 Å². The second kappa shape index (κ2) is 3.52. The van der Waals surface area contributed by atoms with Crippen LogP contribution in [0.3, 0.4) is 0 Å². The highest BCUT2D eigenvalue weighted by atomic mass is 16.3. The maximum Gasteiger partial charge on any atom is 0.137 e. The van der Waals surface area contributed by atoms with Crippen molar-refractivity contribution in [2.24, 2.45) is 0 Å². The molecule has 1 aromatic carbocycles. The molecule has 0 fully saturated rings. The largest absolute Gasteiger partial charge is 0.508 e. The lowest BCUT2D eigenvalue weighted by Gasteiger charge is -2.00. The fourth-order valence-electron chi connectivity index (χ4n) is 1.80. The summed E-state index contributed by atoms with van der Waals surface area (Å²) in [6.07, 6.45) is 3.73. The SMILES string of the molecule is Oc1ccc(-c2cn3ccccc3n2)c(O)c1. The first-order chi connectivity index (χ1) is 8.24. The molecule has 0 atom stereocenters. The molecule has 0 bridgehead atoms. The lowest BCUT2D eigenvalue weighted by atomic mass is 10.1. The second-order valence-corrected chi connectivity index (χ2v) is 3.79. The minimum Gasteiger partial charge on any atom is -0.508 e. The van der Waals surface area contributed by atoms with Crippen LogP contribution in [0.15, 0.2) is 48.8 Å². The van der Waals surface area contributed by atoms with Crippen LogP contribution in [0.4, 0.5) is 0 Å². The molecule has 0 spiro atoms. The van der Waals surface area contributed by atoms with Crippen LogP contribution in [0.5, 0.6) is 11.5 Å². The van der Waals surface area contributed by atoms with Gasteiger partial charge in [0, 0.05) is 24.0 Å². The summed E-state index contributed by atoms with van der Waals surface area (Å²) in [5.74, 6) is 0.0587. The number of phenols is 2. The van der Waals surface area contributed by atoms with Crippen molar-refractivity contribution in [3.05, 3.63) is 48.8 Å². The minimum atomic E-state index is 0.0217. The van der Waals surface area contributed by atoms with Crippen LogP contribution in [0.2, 0.25) is 0 Å². The molecule has 0 saturated heterocycles. The van der Waals surface area contributed by atoms with E-state index in [1.54, 1.807) is 6.07 Å². The van der Waals surface area contributed by atoms with E-state index in [0.29, 0.717) is 11.3 Å². The van der Waals surface area contributed by atoms with Crippen LogP contribution < -0.4 is 0 Å². The van der Waals surface area contributed by atoms with E-state index in [9.17, 15) is 10.2 Å². The van der Waals surface area contributed by atoms with Gasteiger partial charge in [0.25, 0.3) is 0 Å². The Morgan fingerprint density at radius 1 is 1.06 bits per heavy atom. The predicted molar refractivity (Wildman–Crippen MR) is 64.0 cm³/mol. The molecular weight excluding hydrogens is 216 g/mol. The number of hydrogen-bond acceptors (Lipinski definition) is 3. The molecule has 0 radical (unpaired) electrons. The number of nitrogens with zero attached hydrogens (tertiary/aromatic N) is 2. The molecule has 0 aliphatic carbocycles. The molecule has 2 aromatic heterocycles. The third-order valence-corrected chi connectivity index (χ3v) is 2.62. The van der Waals surface area contributed by atoms with E-state index in [0.717, 1.165) is 5.65 Å². The first-order valence-electron chi connectivity index (χ1n) is 5.20. The first-order valence-corrected chi connectivity index (χ1v) is 5.20. The Bertz CT molecular complexity index is 656. The maximum atomic E-state index is 9.76. The van der Waals surface area contributed by atoms with Crippen LogP contribution in [0, 0.1) is 0 Å². The maximum absolute atomic E-state index is 9.76. The monoisotopic (exact) mass is 226 g/mol. The van der Waals surface area contributed by atoms with Crippen molar-refractivity contribution in [1.82, 2.24) is 9.38 Å². The Morgan fingerprint density at radius 3 is 2.71 bits per heavy atom. The molecule has 4 heteroatoms. The van der Waals surface area contributed by atoms with Crippen molar-refractivity contribution in [2.45, 2.75) is 0 Å². The van der Waals surface area contributed by atoms with E-state index in [1.165, 1.54) is 12.1 Å². The number of aromatic hydroxyl groups is 2. The van der Waals surface area contributed by atoms with Gasteiger partial charge in [0.15, 0.2) is 0 Å². The van der Waals surface area contributed by atoms with Crippen molar-refractivity contribution < 1.29 is 10.2 Å². The van der Waals surface area contributed by atoms with Crippen LogP contribution in [-0.4, -0.2) is 19.6 Å². The normalized spacial score (nSPS) is 10.8. The zero-order chi connectivity index (χ0) is 11.8. The molecule has 2 heterocycles. The van der Waals surface area contributed by atoms with Gasteiger partial charge in [-0.15, -0.1) is 0 Å². The van der Waals surface area contributed by atoms with Gasteiger partial charge in [0.05, 0.1) is 5.69 Å². The van der Waals surface area contributed by atoms with Crippen molar-refractivity contribution >= 4 is 5.65 Å². The molecular formula is C13H10N2O2. The number of rotatable bonds is 1. The number of benzene rings is 1. The average molecular weight is 226 g/mol. The molecule has 0 aliphatic rings. The fraction of sp³-hybridized carbons (Fsp3) is 0. The highest BCUT2D eigenvalue weighted by Crippen LogP contribution is 2.31. The Labute approximate surface area is 97.4 Å². The predicted octanol–water partition coefficient (Wildman–Crippen LogP) is 2.41. The average Bonchev–Trinajstić information content (AvgIpc) is 2.72. The number of hydrogen-bond donors (Lipinski definition) is 2. The summed E-state index contributed by atoms with van der Waals surface area (Å²) < 4.78 is 1.88. The first kappa shape index (κ1) is 9.72. The lowest BCUT2D eigenvalue weighted by Crippen LogP contribution is -1.78. The van der Waals surface area contributed by atoms with Gasteiger partial charge in [-0.1, -0.05) is 6.07 Å². The Balaban J connectivity index is 2.20. The summed E-state index contributed by atoms with van der Waals surface area (Å²) >= 11 is 0. The van der Waals surface area contributed by atoms with Gasteiger partial charge in [0.1, 0.15) is 17.1 Å². The topological polar surface area (TPSA) is 57.8 Å². The number of imidazole rings is 1. The van der Waals surface area contributed by atoms with E-state index in [1.807, 2.05) is 35.0 Å². The second-order valence-electron chi connectivity index (χ2n) is 3.79. The van der Waals surface area contributed by atoms with Crippen LogP contribution in [0.1, 0.15) is 0 Å². The Kier molecular flexibility index (Phi) is 2.01. The van der Waals surface area contributed by atoms with Crippen LogP contribution in [-0.2, 0) is 0 Å². The molecule has 4 nitrogen and oxygen atoms in total. The smallest absolute Gasteiger partial charge is 0.137 e. The van der Waals surface area contributed by atoms with Gasteiger partial charge in [-0.3, -0.25) is 0 Å². The molecule has 17 heavy (non-hydrogen) atoms. The third kappa shape index (κ3) is 1.59. The van der Waals surface area contributed by atoms with Gasteiger partial charge in [-0.2, -0.15) is 0 Å². The molecule has 84 valence electrons. The van der Waals surface area contributed by atoms with Gasteiger partial charge in [0.2, 0.25) is 0 Å². The standard InChI is InChI=1S/C13H10N2O2/c16-9-4-5-10(12(17)7-9)11-8-15-6-2-1-3-13(15)14-11/h1-8,16-17H. The summed E-state index contributed by atoms with van der Waals surface area (Å²) in [5, 5.41) is 19.0. The van der Waals surface area contributed by atoms with Crippen LogP contribution in [0.25, 0.3) is 16.9 Å². The molecule has 0 aliphatic heterocycles. The summed E-state index contributed by atoms with van der Waals surface area (Å²) in [6.45, 7) is 0. The van der Waals surface area contributed by atoms with E-state index < -0.39 is 0 Å². The highest BCUT2D eigenvalue weighted by molar-refractivity contribution is 5.69. The molecule has 0 saturated carbocycles. The molecule has 0 unspecified atom stereocenters. The van der Waals surface area contributed by atoms with Gasteiger partial charge in [-0.05, 0) is 24.3 Å². The number of fused-ring (bicyclic) bond motifs is 1. The van der Waals surface area contributed by atoms with Crippen LogP contribution >= 0.6 is 0 Å². The third-order valence-electron chi connectivity index (χ3n) is 2.62. The van der Waals surface area contributed by atoms with Gasteiger partial charge < -0.3 is 14.6 Å². The van der Waals surface area contributed by atoms with E-state index in [4.69, 9.17) is 0 Å². The van der Waals surface area contributed by atoms with Gasteiger partial charge in [-0.25, -0.2) is 4.98 Å². The summed E-state index contributed by atoms with van der Waals surface area (Å²) in [4.78, 5) is 4.39. The van der Waals surface area contributed by atoms with Gasteiger partial charge >= 0.3 is 0 Å². The summed E-state index contributed by atoms with van der Waals surface area (Å²) in [5.41, 5.74) is 2.09. The van der Waals surface area contributed by atoms with E-state index >= 15 is 0 Å². The van der Waals surface area contributed by atoms with Crippen molar-refractivity contribution in [3.63, 3.8) is 0 Å².